The number of benzene rings is 1. The smallest absolute Gasteiger partial charge is 0.329 e. The first-order valence-corrected chi connectivity index (χ1v) is 8.19. The lowest BCUT2D eigenvalue weighted by atomic mass is 9.87. The molecule has 1 heterocycles. The van der Waals surface area contributed by atoms with E-state index in [1.165, 1.54) is 11.8 Å². The number of carbonyl (C=O) groups excluding carboxylic acids is 2. The summed E-state index contributed by atoms with van der Waals surface area (Å²) in [6.07, 6.45) is 3.42. The Morgan fingerprint density at radius 3 is 2.54 bits per heavy atom. The van der Waals surface area contributed by atoms with Crippen LogP contribution in [0.25, 0.3) is 0 Å². The van der Waals surface area contributed by atoms with Gasteiger partial charge < -0.3 is 10.1 Å². The van der Waals surface area contributed by atoms with E-state index < -0.39 is 11.8 Å². The first kappa shape index (κ1) is 18.1. The monoisotopic (exact) mass is 331 g/mol. The number of carbonyl (C=O) groups is 2. The molecule has 6 nitrogen and oxygen atoms in total. The molecule has 1 saturated heterocycles. The highest BCUT2D eigenvalue weighted by molar-refractivity contribution is 6.35. The van der Waals surface area contributed by atoms with Crippen LogP contribution in [0, 0.1) is 0 Å². The van der Waals surface area contributed by atoms with Crippen molar-refractivity contribution in [1.29, 1.82) is 0 Å². The number of amides is 2. The van der Waals surface area contributed by atoms with Crippen molar-refractivity contribution in [3.8, 4) is 0 Å². The van der Waals surface area contributed by atoms with Crippen LogP contribution >= 0.6 is 0 Å². The number of nitrogens with one attached hydrogen (secondary N) is 2. The summed E-state index contributed by atoms with van der Waals surface area (Å²) in [6, 6.07) is 7.90. The minimum absolute atomic E-state index is 0.00609. The van der Waals surface area contributed by atoms with Gasteiger partial charge in [-0.15, -0.1) is 0 Å². The molecule has 1 aliphatic heterocycles. The summed E-state index contributed by atoms with van der Waals surface area (Å²) in [5.74, 6) is -1.48. The number of rotatable bonds is 4. The second-order valence-electron chi connectivity index (χ2n) is 6.92. The number of hydrogen-bond acceptors (Lipinski definition) is 4. The predicted octanol–water partition coefficient (Wildman–Crippen LogP) is 1.73. The SMILES string of the molecule is CC(C)(C)c1ccc(/C=N\NC(=O)C(=O)NC[C@H]2CCCO2)cc1. The summed E-state index contributed by atoms with van der Waals surface area (Å²) >= 11 is 0. The van der Waals surface area contributed by atoms with Crippen molar-refractivity contribution in [2.45, 2.75) is 45.1 Å². The number of hydrogen-bond donors (Lipinski definition) is 2. The van der Waals surface area contributed by atoms with Crippen LogP contribution in [-0.4, -0.2) is 37.3 Å². The van der Waals surface area contributed by atoms with Crippen LogP contribution in [-0.2, 0) is 19.7 Å². The second kappa shape index (κ2) is 8.06. The van der Waals surface area contributed by atoms with E-state index in [0.717, 1.165) is 18.4 Å². The van der Waals surface area contributed by atoms with Crippen molar-refractivity contribution >= 4 is 18.0 Å². The third-order valence-corrected chi connectivity index (χ3v) is 3.88. The van der Waals surface area contributed by atoms with Gasteiger partial charge in [-0.2, -0.15) is 5.10 Å². The molecule has 6 heteroatoms. The molecule has 2 rings (SSSR count). The molecule has 0 aromatic heterocycles. The third-order valence-electron chi connectivity index (χ3n) is 3.88. The molecule has 130 valence electrons. The molecule has 1 aromatic carbocycles. The van der Waals surface area contributed by atoms with E-state index in [4.69, 9.17) is 4.74 Å². The van der Waals surface area contributed by atoms with Crippen LogP contribution in [0.2, 0.25) is 0 Å². The maximum Gasteiger partial charge on any atom is 0.329 e. The van der Waals surface area contributed by atoms with Gasteiger partial charge in [0.25, 0.3) is 0 Å². The zero-order valence-corrected chi connectivity index (χ0v) is 14.5. The molecule has 0 unspecified atom stereocenters. The van der Waals surface area contributed by atoms with Gasteiger partial charge in [-0.3, -0.25) is 9.59 Å². The molecule has 2 N–H and O–H groups in total. The van der Waals surface area contributed by atoms with E-state index in [2.05, 4.69) is 36.6 Å². The molecule has 0 bridgehead atoms. The zero-order chi connectivity index (χ0) is 17.6. The van der Waals surface area contributed by atoms with Crippen LogP contribution in [0.4, 0.5) is 0 Å². The molecular weight excluding hydrogens is 306 g/mol. The Morgan fingerprint density at radius 2 is 1.96 bits per heavy atom. The van der Waals surface area contributed by atoms with E-state index in [-0.39, 0.29) is 11.5 Å². The average Bonchev–Trinajstić information content (AvgIpc) is 3.05. The van der Waals surface area contributed by atoms with Gasteiger partial charge in [0.15, 0.2) is 0 Å². The van der Waals surface area contributed by atoms with E-state index in [1.807, 2.05) is 24.3 Å². The first-order chi connectivity index (χ1) is 11.4. The molecule has 1 fully saturated rings. The quantitative estimate of drug-likeness (QED) is 0.501. The van der Waals surface area contributed by atoms with Crippen molar-refractivity contribution in [1.82, 2.24) is 10.7 Å². The van der Waals surface area contributed by atoms with Gasteiger partial charge in [-0.25, -0.2) is 5.43 Å². The molecular formula is C18H25N3O3. The first-order valence-electron chi connectivity index (χ1n) is 8.19. The molecule has 0 spiro atoms. The summed E-state index contributed by atoms with van der Waals surface area (Å²) in [7, 11) is 0. The number of ether oxygens (including phenoxy) is 1. The molecule has 24 heavy (non-hydrogen) atoms. The molecule has 2 amide bonds. The van der Waals surface area contributed by atoms with Crippen LogP contribution in [0.15, 0.2) is 29.4 Å². The topological polar surface area (TPSA) is 79.8 Å². The molecule has 1 aromatic rings. The lowest BCUT2D eigenvalue weighted by Crippen LogP contribution is -2.41. The lowest BCUT2D eigenvalue weighted by molar-refractivity contribution is -0.139. The van der Waals surface area contributed by atoms with Crippen LogP contribution in [0.3, 0.4) is 0 Å². The largest absolute Gasteiger partial charge is 0.376 e. The van der Waals surface area contributed by atoms with Gasteiger partial charge in [0.1, 0.15) is 0 Å². The van der Waals surface area contributed by atoms with Crippen molar-refractivity contribution in [3.05, 3.63) is 35.4 Å². The average molecular weight is 331 g/mol. The summed E-state index contributed by atoms with van der Waals surface area (Å²) < 4.78 is 5.38. The normalized spacial score (nSPS) is 17.9. The third kappa shape index (κ3) is 5.45. The highest BCUT2D eigenvalue weighted by Crippen LogP contribution is 2.21. The Kier molecular flexibility index (Phi) is 6.09. The minimum Gasteiger partial charge on any atom is -0.376 e. The van der Waals surface area contributed by atoms with Crippen LogP contribution in [0.1, 0.15) is 44.7 Å². The fourth-order valence-electron chi connectivity index (χ4n) is 2.38. The summed E-state index contributed by atoms with van der Waals surface area (Å²) in [4.78, 5) is 23.3. The van der Waals surface area contributed by atoms with Gasteiger partial charge in [-0.1, -0.05) is 45.0 Å². The minimum atomic E-state index is -0.782. The Morgan fingerprint density at radius 1 is 1.25 bits per heavy atom. The van der Waals surface area contributed by atoms with E-state index >= 15 is 0 Å². The predicted molar refractivity (Wildman–Crippen MR) is 92.9 cm³/mol. The number of nitrogens with zero attached hydrogens (tertiary/aromatic N) is 1. The van der Waals surface area contributed by atoms with Crippen molar-refractivity contribution in [3.63, 3.8) is 0 Å². The fraction of sp³-hybridized carbons (Fsp3) is 0.500. The zero-order valence-electron chi connectivity index (χ0n) is 14.5. The van der Waals surface area contributed by atoms with Crippen LogP contribution in [0.5, 0.6) is 0 Å². The fourth-order valence-corrected chi connectivity index (χ4v) is 2.38. The highest BCUT2D eigenvalue weighted by Gasteiger charge is 2.19. The van der Waals surface area contributed by atoms with Gasteiger partial charge in [0.05, 0.1) is 12.3 Å². The molecule has 1 aliphatic rings. The molecule has 1 atom stereocenters. The van der Waals surface area contributed by atoms with Gasteiger partial charge in [-0.05, 0) is 29.4 Å². The number of hydrazone groups is 1. The Balaban J connectivity index is 1.77. The lowest BCUT2D eigenvalue weighted by Gasteiger charge is -2.18. The van der Waals surface area contributed by atoms with E-state index in [9.17, 15) is 9.59 Å². The maximum atomic E-state index is 11.6. The van der Waals surface area contributed by atoms with E-state index in [1.54, 1.807) is 0 Å². The van der Waals surface area contributed by atoms with E-state index in [0.29, 0.717) is 13.2 Å². The Hall–Kier alpha value is -2.21. The van der Waals surface area contributed by atoms with Crippen molar-refractivity contribution < 1.29 is 14.3 Å². The van der Waals surface area contributed by atoms with Crippen molar-refractivity contribution in [2.24, 2.45) is 5.10 Å². The Labute approximate surface area is 142 Å². The van der Waals surface area contributed by atoms with Gasteiger partial charge in [0, 0.05) is 13.2 Å². The summed E-state index contributed by atoms with van der Waals surface area (Å²) in [6.45, 7) is 7.50. The summed E-state index contributed by atoms with van der Waals surface area (Å²) in [5, 5.41) is 6.36. The summed E-state index contributed by atoms with van der Waals surface area (Å²) in [5.41, 5.74) is 4.39. The van der Waals surface area contributed by atoms with Gasteiger partial charge >= 0.3 is 11.8 Å². The highest BCUT2D eigenvalue weighted by atomic mass is 16.5. The van der Waals surface area contributed by atoms with Gasteiger partial charge in [0.2, 0.25) is 0 Å². The standard InChI is InChI=1S/C18H25N3O3/c1-18(2,3)14-8-6-13(7-9-14)11-20-21-17(23)16(22)19-12-15-5-4-10-24-15/h6-9,11,15H,4-5,10,12H2,1-3H3,(H,19,22)(H,21,23)/b20-11-/t15-/m1/s1. The molecule has 0 saturated carbocycles. The van der Waals surface area contributed by atoms with Crippen molar-refractivity contribution in [2.75, 3.05) is 13.2 Å². The van der Waals surface area contributed by atoms with Crippen LogP contribution < -0.4 is 10.7 Å². The Bertz CT molecular complexity index is 597. The second-order valence-corrected chi connectivity index (χ2v) is 6.92. The molecule has 0 radical (unpaired) electrons. The maximum absolute atomic E-state index is 11.6. The molecule has 0 aliphatic carbocycles.